The zero-order chi connectivity index (χ0) is 18.7. The van der Waals surface area contributed by atoms with Crippen molar-refractivity contribution < 1.29 is 14.5 Å². The molecule has 0 spiro atoms. The molecule has 0 N–H and O–H groups in total. The number of nitro groups is 1. The highest BCUT2D eigenvalue weighted by atomic mass is 32.2. The molecule has 0 atom stereocenters. The number of hydrogen-bond acceptors (Lipinski definition) is 8. The molecule has 10 heteroatoms. The number of amides is 1. The minimum absolute atomic E-state index is 0.0244. The van der Waals surface area contributed by atoms with Crippen LogP contribution in [0.2, 0.25) is 0 Å². The largest absolute Gasteiger partial charge is 0.466 e. The smallest absolute Gasteiger partial charge is 0.295 e. The van der Waals surface area contributed by atoms with E-state index in [1.54, 1.807) is 17.0 Å². The summed E-state index contributed by atoms with van der Waals surface area (Å²) in [6.07, 6.45) is 1.55. The van der Waals surface area contributed by atoms with Gasteiger partial charge in [0, 0.05) is 24.4 Å². The second-order valence-electron chi connectivity index (χ2n) is 6.01. The number of anilines is 1. The first-order valence-corrected chi connectivity index (χ1v) is 9.95. The summed E-state index contributed by atoms with van der Waals surface area (Å²) in [5.74, 6) is 0.179. The van der Waals surface area contributed by atoms with E-state index in [0.717, 1.165) is 24.1 Å². The molecule has 138 valence electrons. The van der Waals surface area contributed by atoms with Crippen molar-refractivity contribution >= 4 is 40.4 Å². The van der Waals surface area contributed by atoms with E-state index >= 15 is 0 Å². The summed E-state index contributed by atoms with van der Waals surface area (Å²) in [6, 6.07) is 4.66. The van der Waals surface area contributed by atoms with Crippen molar-refractivity contribution in [2.75, 3.05) is 17.2 Å². The zero-order valence-corrected chi connectivity index (χ0v) is 16.0. The predicted molar refractivity (Wildman–Crippen MR) is 100 cm³/mol. The van der Waals surface area contributed by atoms with Crippen molar-refractivity contribution in [3.63, 3.8) is 0 Å². The number of benzene rings is 1. The fourth-order valence-electron chi connectivity index (χ4n) is 2.66. The average Bonchev–Trinajstić information content (AvgIpc) is 3.05. The van der Waals surface area contributed by atoms with Crippen LogP contribution >= 0.6 is 23.1 Å². The zero-order valence-electron chi connectivity index (χ0n) is 14.4. The van der Waals surface area contributed by atoms with Crippen LogP contribution in [0.4, 0.5) is 11.4 Å². The van der Waals surface area contributed by atoms with Gasteiger partial charge in [0.05, 0.1) is 16.8 Å². The van der Waals surface area contributed by atoms with Crippen LogP contribution in [0.25, 0.3) is 0 Å². The molecule has 1 aromatic heterocycles. The highest BCUT2D eigenvalue weighted by molar-refractivity contribution is 8.01. The van der Waals surface area contributed by atoms with Crippen molar-refractivity contribution in [1.82, 2.24) is 10.2 Å². The number of aromatic nitrogens is 2. The lowest BCUT2D eigenvalue weighted by Gasteiger charge is -2.29. The minimum Gasteiger partial charge on any atom is -0.466 e. The Labute approximate surface area is 158 Å². The van der Waals surface area contributed by atoms with Crippen molar-refractivity contribution in [3.05, 3.63) is 33.9 Å². The number of aryl methyl sites for hydroxylation is 1. The molecule has 2 heterocycles. The molecule has 0 saturated carbocycles. The number of carbonyl (C=O) groups excluding carboxylic acids is 1. The average molecular weight is 394 g/mol. The third kappa shape index (κ3) is 4.31. The fourth-order valence-corrected chi connectivity index (χ4v) is 4.34. The summed E-state index contributed by atoms with van der Waals surface area (Å²) in [5, 5.41) is 19.4. The molecule has 1 aromatic carbocycles. The number of fused-ring (bicyclic) bond motifs is 1. The van der Waals surface area contributed by atoms with Crippen LogP contribution in [0.5, 0.6) is 5.19 Å². The Morgan fingerprint density at radius 2 is 2.27 bits per heavy atom. The normalized spacial score (nSPS) is 13.6. The Hall–Kier alpha value is -2.20. The quantitative estimate of drug-likeness (QED) is 0.421. The molecular weight excluding hydrogens is 376 g/mol. The van der Waals surface area contributed by atoms with Crippen LogP contribution in [0.3, 0.4) is 0 Å². The molecule has 8 nitrogen and oxygen atoms in total. The van der Waals surface area contributed by atoms with Crippen LogP contribution in [-0.4, -0.2) is 39.4 Å². The van der Waals surface area contributed by atoms with Gasteiger partial charge in [0.2, 0.25) is 5.91 Å². The van der Waals surface area contributed by atoms with E-state index in [1.165, 1.54) is 29.2 Å². The predicted octanol–water partition coefficient (Wildman–Crippen LogP) is 3.31. The fraction of sp³-hybridized carbons (Fsp3) is 0.438. The molecule has 1 aliphatic rings. The lowest BCUT2D eigenvalue weighted by molar-refractivity contribution is -0.384. The van der Waals surface area contributed by atoms with Crippen molar-refractivity contribution in [2.24, 2.45) is 0 Å². The van der Waals surface area contributed by atoms with E-state index in [-0.39, 0.29) is 23.5 Å². The number of nitro benzene ring substituents is 1. The number of carbonyl (C=O) groups is 1. The van der Waals surface area contributed by atoms with Crippen LogP contribution in [0.15, 0.2) is 22.5 Å². The molecule has 1 aliphatic heterocycles. The Morgan fingerprint density at radius 3 is 3.00 bits per heavy atom. The maximum atomic E-state index is 12.6. The van der Waals surface area contributed by atoms with Gasteiger partial charge in [0.25, 0.3) is 10.9 Å². The van der Waals surface area contributed by atoms with Gasteiger partial charge in [0.15, 0.2) is 4.34 Å². The molecule has 0 aliphatic carbocycles. The molecule has 0 fully saturated rings. The molecule has 0 unspecified atom stereocenters. The lowest BCUT2D eigenvalue weighted by Crippen LogP contribution is -2.36. The Balaban J connectivity index is 1.66. The first-order valence-electron chi connectivity index (χ1n) is 8.14. The number of thioether (sulfide) groups is 1. The molecule has 2 aromatic rings. The van der Waals surface area contributed by atoms with Crippen LogP contribution in [0, 0.1) is 10.1 Å². The molecular formula is C16H18N4O4S2. The van der Waals surface area contributed by atoms with Crippen molar-refractivity contribution in [2.45, 2.75) is 37.1 Å². The van der Waals surface area contributed by atoms with Gasteiger partial charge in [-0.05, 0) is 49.7 Å². The van der Waals surface area contributed by atoms with Gasteiger partial charge in [-0.2, -0.15) is 0 Å². The summed E-state index contributed by atoms with van der Waals surface area (Å²) in [6.45, 7) is 4.44. The number of rotatable bonds is 6. The Bertz CT molecular complexity index is 824. The van der Waals surface area contributed by atoms with Gasteiger partial charge in [-0.25, -0.2) is 0 Å². The minimum atomic E-state index is -0.414. The van der Waals surface area contributed by atoms with E-state index in [1.807, 2.05) is 13.8 Å². The monoisotopic (exact) mass is 394 g/mol. The van der Waals surface area contributed by atoms with E-state index in [4.69, 9.17) is 4.74 Å². The van der Waals surface area contributed by atoms with Crippen LogP contribution in [-0.2, 0) is 11.2 Å². The van der Waals surface area contributed by atoms with Gasteiger partial charge < -0.3 is 9.64 Å². The van der Waals surface area contributed by atoms with Gasteiger partial charge in [-0.3, -0.25) is 14.9 Å². The van der Waals surface area contributed by atoms with Crippen molar-refractivity contribution in [3.8, 4) is 5.19 Å². The number of nitrogens with zero attached hydrogens (tertiary/aromatic N) is 4. The molecule has 1 amide bonds. The van der Waals surface area contributed by atoms with Crippen LogP contribution in [0.1, 0.15) is 25.8 Å². The van der Waals surface area contributed by atoms with E-state index in [9.17, 15) is 14.9 Å². The highest BCUT2D eigenvalue weighted by Crippen LogP contribution is 2.32. The molecule has 0 bridgehead atoms. The first kappa shape index (κ1) is 18.6. The summed E-state index contributed by atoms with van der Waals surface area (Å²) in [7, 11) is 0. The lowest BCUT2D eigenvalue weighted by atomic mass is 10.0. The standard InChI is InChI=1S/C16H18N4O4S2/c1-10(2)24-15-17-18-16(26-15)25-9-14(21)19-7-3-4-11-8-12(20(22)23)5-6-13(11)19/h5-6,8,10H,3-4,7,9H2,1-2H3. The van der Waals surface area contributed by atoms with Gasteiger partial charge in [-0.1, -0.05) is 16.9 Å². The summed E-state index contributed by atoms with van der Waals surface area (Å²) < 4.78 is 6.15. The van der Waals surface area contributed by atoms with E-state index in [0.29, 0.717) is 16.1 Å². The maximum absolute atomic E-state index is 12.6. The number of ether oxygens (including phenoxy) is 1. The Morgan fingerprint density at radius 1 is 1.46 bits per heavy atom. The molecule has 0 saturated heterocycles. The first-order chi connectivity index (χ1) is 12.4. The van der Waals surface area contributed by atoms with E-state index < -0.39 is 4.92 Å². The van der Waals surface area contributed by atoms with Gasteiger partial charge in [-0.15, -0.1) is 5.10 Å². The summed E-state index contributed by atoms with van der Waals surface area (Å²) in [5.41, 5.74) is 1.65. The maximum Gasteiger partial charge on any atom is 0.295 e. The topological polar surface area (TPSA) is 98.5 Å². The highest BCUT2D eigenvalue weighted by Gasteiger charge is 2.24. The number of hydrogen-bond donors (Lipinski definition) is 0. The van der Waals surface area contributed by atoms with Gasteiger partial charge in [0.1, 0.15) is 0 Å². The third-order valence-electron chi connectivity index (χ3n) is 3.74. The van der Waals surface area contributed by atoms with Crippen LogP contribution < -0.4 is 9.64 Å². The molecule has 0 radical (unpaired) electrons. The molecule has 26 heavy (non-hydrogen) atoms. The SMILES string of the molecule is CC(C)Oc1nnc(SCC(=O)N2CCCc3cc([N+](=O)[O-])ccc32)s1. The third-order valence-corrected chi connectivity index (χ3v) is 5.67. The van der Waals surface area contributed by atoms with Gasteiger partial charge >= 0.3 is 0 Å². The number of non-ortho nitro benzene ring substituents is 1. The Kier molecular flexibility index (Phi) is 5.72. The van der Waals surface area contributed by atoms with E-state index in [2.05, 4.69) is 10.2 Å². The summed E-state index contributed by atoms with van der Waals surface area (Å²) >= 11 is 2.63. The second kappa shape index (κ2) is 8.00. The summed E-state index contributed by atoms with van der Waals surface area (Å²) in [4.78, 5) is 24.8. The molecule has 3 rings (SSSR count). The second-order valence-corrected chi connectivity index (χ2v) is 8.17. The van der Waals surface area contributed by atoms with Crippen molar-refractivity contribution in [1.29, 1.82) is 0 Å².